The van der Waals surface area contributed by atoms with E-state index in [4.69, 9.17) is 27.9 Å². The molecule has 3 aromatic carbocycles. The molecule has 0 saturated heterocycles. The molecule has 6 nitrogen and oxygen atoms in total. The normalized spacial score (nSPS) is 11.2. The molecular formula is C39H55Cl2F2N3O3. The number of nitrogens with one attached hydrogen (secondary N) is 2. The maximum Gasteiger partial charge on any atom is 0.251 e. The van der Waals surface area contributed by atoms with Crippen LogP contribution in [0.4, 0.5) is 14.5 Å². The molecule has 0 aliphatic carbocycles. The second-order valence-corrected chi connectivity index (χ2v) is 12.8. The van der Waals surface area contributed by atoms with Crippen molar-refractivity contribution in [3.63, 3.8) is 0 Å². The first-order valence-electron chi connectivity index (χ1n) is 16.6. The molecule has 0 saturated carbocycles. The number of carbonyl (C=O) groups excluding carboxylic acids is 2. The van der Waals surface area contributed by atoms with Gasteiger partial charge in [0.1, 0.15) is 17.4 Å². The van der Waals surface area contributed by atoms with E-state index in [9.17, 15) is 23.6 Å². The lowest BCUT2D eigenvalue weighted by atomic mass is 9.82. The van der Waals surface area contributed by atoms with E-state index in [0.717, 1.165) is 12.8 Å². The Morgan fingerprint density at radius 1 is 0.939 bits per heavy atom. The fourth-order valence-electron chi connectivity index (χ4n) is 4.48. The lowest BCUT2D eigenvalue weighted by Crippen LogP contribution is -2.30. The van der Waals surface area contributed by atoms with Crippen LogP contribution in [-0.4, -0.2) is 25.5 Å². The number of halogens is 4. The van der Waals surface area contributed by atoms with E-state index < -0.39 is 11.7 Å². The maximum absolute atomic E-state index is 14.0. The van der Waals surface area contributed by atoms with Crippen LogP contribution in [0.3, 0.4) is 0 Å². The van der Waals surface area contributed by atoms with Crippen molar-refractivity contribution in [2.24, 2.45) is 11.3 Å². The van der Waals surface area contributed by atoms with Crippen LogP contribution < -0.4 is 15.4 Å². The number of amides is 2. The number of hydrogen-bond acceptors (Lipinski definition) is 4. The smallest absolute Gasteiger partial charge is 0.251 e. The third-order valence-electron chi connectivity index (χ3n) is 6.34. The molecule has 3 aromatic rings. The highest BCUT2D eigenvalue weighted by Gasteiger charge is 2.20. The molecule has 10 heteroatoms. The third-order valence-corrected chi connectivity index (χ3v) is 6.94. The van der Waals surface area contributed by atoms with Gasteiger partial charge < -0.3 is 15.4 Å². The number of nitriles is 1. The van der Waals surface area contributed by atoms with Crippen molar-refractivity contribution in [1.29, 1.82) is 5.26 Å². The number of hydrogen-bond donors (Lipinski definition) is 2. The van der Waals surface area contributed by atoms with Crippen molar-refractivity contribution >= 4 is 41.2 Å². The summed E-state index contributed by atoms with van der Waals surface area (Å²) in [6.07, 6.45) is 3.25. The molecule has 3 rings (SSSR count). The number of methoxy groups -OCH3 is 1. The van der Waals surface area contributed by atoms with Crippen LogP contribution >= 0.6 is 23.2 Å². The van der Waals surface area contributed by atoms with Crippen molar-refractivity contribution in [3.05, 3.63) is 93.5 Å². The van der Waals surface area contributed by atoms with Gasteiger partial charge in [-0.3, -0.25) is 9.59 Å². The number of rotatable bonds is 10. The average molecular weight is 723 g/mol. The van der Waals surface area contributed by atoms with Gasteiger partial charge in [-0.1, -0.05) is 103 Å². The Labute approximate surface area is 303 Å². The minimum atomic E-state index is -0.454. The van der Waals surface area contributed by atoms with Gasteiger partial charge in [0.15, 0.2) is 0 Å². The second-order valence-electron chi connectivity index (χ2n) is 12.0. The number of carbonyl (C=O) groups is 2. The molecule has 2 N–H and O–H groups in total. The number of nitrogens with zero attached hydrogens (tertiary/aromatic N) is 1. The molecule has 0 fully saturated rings. The van der Waals surface area contributed by atoms with Crippen LogP contribution in [0, 0.1) is 34.3 Å². The summed E-state index contributed by atoms with van der Waals surface area (Å²) in [5.41, 5.74) is 1.72. The predicted octanol–water partition coefficient (Wildman–Crippen LogP) is 11.9. The Bertz CT molecular complexity index is 1400. The molecule has 49 heavy (non-hydrogen) atoms. The Hall–Kier alpha value is -3.67. The molecule has 0 aliphatic rings. The average Bonchev–Trinajstić information content (AvgIpc) is 3.06. The highest BCUT2D eigenvalue weighted by atomic mass is 35.5. The van der Waals surface area contributed by atoms with Gasteiger partial charge in [-0.2, -0.15) is 5.26 Å². The van der Waals surface area contributed by atoms with Gasteiger partial charge in [-0.25, -0.2) is 8.78 Å². The van der Waals surface area contributed by atoms with Crippen molar-refractivity contribution in [1.82, 2.24) is 5.32 Å². The molecule has 2 unspecified atom stereocenters. The predicted molar refractivity (Wildman–Crippen MR) is 202 cm³/mol. The van der Waals surface area contributed by atoms with Crippen molar-refractivity contribution in [2.45, 2.75) is 100 Å². The Balaban J connectivity index is 0. The van der Waals surface area contributed by atoms with Crippen LogP contribution in [0.2, 0.25) is 10.0 Å². The number of benzene rings is 3. The largest absolute Gasteiger partial charge is 0.495 e. The number of anilines is 1. The molecule has 0 bridgehead atoms. The van der Waals surface area contributed by atoms with E-state index in [2.05, 4.69) is 44.4 Å². The summed E-state index contributed by atoms with van der Waals surface area (Å²) >= 11 is 11.1. The van der Waals surface area contributed by atoms with Crippen LogP contribution in [0.25, 0.3) is 0 Å². The maximum atomic E-state index is 14.0. The van der Waals surface area contributed by atoms with E-state index in [1.54, 1.807) is 42.5 Å². The van der Waals surface area contributed by atoms with E-state index in [1.807, 2.05) is 41.5 Å². The van der Waals surface area contributed by atoms with Crippen LogP contribution in [0.1, 0.15) is 110 Å². The van der Waals surface area contributed by atoms with Gasteiger partial charge in [-0.05, 0) is 80.8 Å². The molecule has 0 heterocycles. The van der Waals surface area contributed by atoms with Gasteiger partial charge in [0.05, 0.1) is 34.8 Å². The van der Waals surface area contributed by atoms with E-state index in [-0.39, 0.29) is 33.2 Å². The summed E-state index contributed by atoms with van der Waals surface area (Å²) in [4.78, 5) is 22.1. The summed E-state index contributed by atoms with van der Waals surface area (Å²) in [6.45, 7) is 20.6. The van der Waals surface area contributed by atoms with E-state index in [1.165, 1.54) is 25.3 Å². The lowest BCUT2D eigenvalue weighted by molar-refractivity contribution is -0.105. The van der Waals surface area contributed by atoms with Gasteiger partial charge in [-0.15, -0.1) is 0 Å². The van der Waals surface area contributed by atoms with Crippen molar-refractivity contribution in [2.75, 3.05) is 12.4 Å². The summed E-state index contributed by atoms with van der Waals surface area (Å²) in [5, 5.41) is 14.8. The van der Waals surface area contributed by atoms with Crippen LogP contribution in [0.5, 0.6) is 5.75 Å². The Morgan fingerprint density at radius 2 is 1.53 bits per heavy atom. The van der Waals surface area contributed by atoms with E-state index >= 15 is 0 Å². The highest BCUT2D eigenvalue weighted by Crippen LogP contribution is 2.32. The summed E-state index contributed by atoms with van der Waals surface area (Å²) in [7, 11) is 1.48. The molecule has 2 atom stereocenters. The minimum Gasteiger partial charge on any atom is -0.495 e. The van der Waals surface area contributed by atoms with Gasteiger partial charge in [0.2, 0.25) is 6.41 Å². The first-order chi connectivity index (χ1) is 23.1. The minimum absolute atomic E-state index is 0.0706. The van der Waals surface area contributed by atoms with Crippen molar-refractivity contribution in [3.8, 4) is 11.8 Å². The summed E-state index contributed by atoms with van der Waals surface area (Å²) in [5.74, 6) is -0.438. The molecule has 0 radical (unpaired) electrons. The fraction of sp³-hybridized carbons (Fsp3) is 0.462. The first-order valence-corrected chi connectivity index (χ1v) is 17.3. The van der Waals surface area contributed by atoms with Gasteiger partial charge in [0.25, 0.3) is 5.91 Å². The zero-order chi connectivity index (χ0) is 38.2. The molecule has 0 spiro atoms. The highest BCUT2D eigenvalue weighted by molar-refractivity contribution is 6.31. The fourth-order valence-corrected chi connectivity index (χ4v) is 4.80. The van der Waals surface area contributed by atoms with E-state index in [0.29, 0.717) is 41.3 Å². The SMILES string of the molecule is CC.CC.CC(CCC(C#N)c1cccc(Cl)c1F)CC(C)(C)C.COc1cc(C(=O)NC(C)C)ccc1NC=O.Fc1ccccc1Cl. The monoisotopic (exact) mass is 721 g/mol. The number of ether oxygens (including phenoxy) is 1. The standard InChI is InChI=1S/C17H23ClFN.C12H16N2O3.C6H4ClF.2C2H6/c1-12(10-17(2,3)4)8-9-13(11-20)14-6-5-7-15(18)16(14)19;1-8(2)14-12(16)9-4-5-10(13-7-15)11(6-9)17-3;7-5-3-1-2-4-6(5)8;2*1-2/h5-7,12-13H,8-10H2,1-4H3;4-8H,1-3H3,(H,13,15)(H,14,16);1-4H;2*1-2H3. The second kappa shape index (κ2) is 26.2. The molecule has 0 aromatic heterocycles. The third kappa shape index (κ3) is 19.8. The Kier molecular flexibility index (Phi) is 25.4. The zero-order valence-electron chi connectivity index (χ0n) is 30.9. The van der Waals surface area contributed by atoms with Crippen LogP contribution in [0.15, 0.2) is 60.7 Å². The zero-order valence-corrected chi connectivity index (χ0v) is 32.4. The summed E-state index contributed by atoms with van der Waals surface area (Å²) in [6, 6.07) is 18.1. The van der Waals surface area contributed by atoms with Crippen molar-refractivity contribution < 1.29 is 23.1 Å². The molecule has 272 valence electrons. The summed E-state index contributed by atoms with van der Waals surface area (Å²) < 4.78 is 31.2. The molecular weight excluding hydrogens is 667 g/mol. The Morgan fingerprint density at radius 3 is 2.00 bits per heavy atom. The first kappa shape index (κ1) is 47.4. The molecule has 0 aliphatic heterocycles. The van der Waals surface area contributed by atoms with Crippen LogP contribution in [-0.2, 0) is 4.79 Å². The van der Waals surface area contributed by atoms with Gasteiger partial charge in [0, 0.05) is 17.2 Å². The quantitative estimate of drug-likeness (QED) is 0.204. The lowest BCUT2D eigenvalue weighted by Gasteiger charge is -2.23. The molecule has 2 amide bonds. The van der Waals surface area contributed by atoms with Gasteiger partial charge >= 0.3 is 0 Å². The topological polar surface area (TPSA) is 91.2 Å².